The highest BCUT2D eigenvalue weighted by Gasteiger charge is 2.70. The standard InChI is InChI=1S/C36H61N7O7S/c1-11-13-24(28(44)31(46)37-16-12-2)38-30(45)27-26-23(36(26,9)10)20-43(27)32(47)29(35(6,7)8)40-33(48)39-25(34(3,4)5)21-42-18-17-41(51(42,49)50)19-22-14-15-22/h12,22-27,29H,2,11,13-21H2,1,3-10H3,(H,37,46)(H,38,45)(H2,39,40,48)/t23-,24?,25+,26-,27-,29+/m0/s1. The number of nitrogens with zero attached hydrogens (tertiary/aromatic N) is 3. The van der Waals surface area contributed by atoms with Gasteiger partial charge in [0.05, 0.1) is 6.04 Å². The fraction of sp³-hybridized carbons (Fsp3) is 0.806. The molecule has 2 aliphatic carbocycles. The van der Waals surface area contributed by atoms with Crippen molar-refractivity contribution in [2.75, 3.05) is 39.3 Å². The minimum Gasteiger partial charge on any atom is -0.346 e. The van der Waals surface area contributed by atoms with Crippen LogP contribution in [0.4, 0.5) is 4.79 Å². The normalized spacial score (nSPS) is 26.0. The Labute approximate surface area is 304 Å². The molecule has 2 saturated carbocycles. The third-order valence-corrected chi connectivity index (χ3v) is 13.1. The van der Waals surface area contributed by atoms with Crippen LogP contribution in [0.15, 0.2) is 12.7 Å². The van der Waals surface area contributed by atoms with Crippen LogP contribution in [0.25, 0.3) is 0 Å². The van der Waals surface area contributed by atoms with Crippen LogP contribution in [-0.2, 0) is 29.4 Å². The maximum Gasteiger partial charge on any atom is 0.315 e. The average molecular weight is 736 g/mol. The van der Waals surface area contributed by atoms with E-state index in [-0.39, 0.29) is 36.8 Å². The second kappa shape index (κ2) is 15.1. The van der Waals surface area contributed by atoms with Crippen LogP contribution < -0.4 is 21.3 Å². The van der Waals surface area contributed by atoms with E-state index in [1.807, 2.05) is 62.3 Å². The van der Waals surface area contributed by atoms with Gasteiger partial charge in [0.2, 0.25) is 17.6 Å². The van der Waals surface area contributed by atoms with Gasteiger partial charge < -0.3 is 26.2 Å². The molecule has 4 N–H and O–H groups in total. The minimum absolute atomic E-state index is 0.0509. The van der Waals surface area contributed by atoms with Gasteiger partial charge in [0.1, 0.15) is 12.1 Å². The van der Waals surface area contributed by atoms with Gasteiger partial charge in [-0.15, -0.1) is 6.58 Å². The third-order valence-electron chi connectivity index (χ3n) is 11.1. The van der Waals surface area contributed by atoms with E-state index in [1.165, 1.54) is 19.6 Å². The van der Waals surface area contributed by atoms with Crippen LogP contribution in [-0.4, -0.2) is 115 Å². The molecule has 0 bridgehead atoms. The molecule has 1 unspecified atom stereocenters. The lowest BCUT2D eigenvalue weighted by molar-refractivity contribution is -0.145. The highest BCUT2D eigenvalue weighted by atomic mass is 32.2. The zero-order chi connectivity index (χ0) is 38.3. The van der Waals surface area contributed by atoms with Gasteiger partial charge in [0.25, 0.3) is 16.1 Å². The molecule has 6 atom stereocenters. The van der Waals surface area contributed by atoms with Crippen molar-refractivity contribution in [2.24, 2.45) is 34.0 Å². The number of carbonyl (C=O) groups is 5. The first-order valence-electron chi connectivity index (χ1n) is 18.4. The Hall–Kier alpha value is -3.04. The minimum atomic E-state index is -3.65. The molecule has 2 heterocycles. The number of hydrogen-bond donors (Lipinski definition) is 4. The number of amides is 5. The lowest BCUT2D eigenvalue weighted by atomic mass is 9.85. The zero-order valence-electron chi connectivity index (χ0n) is 32.0. The van der Waals surface area contributed by atoms with E-state index in [0.717, 1.165) is 12.8 Å². The molecule has 5 amide bonds. The summed E-state index contributed by atoms with van der Waals surface area (Å²) in [4.78, 5) is 69.2. The number of carbonyl (C=O) groups excluding carboxylic acids is 5. The van der Waals surface area contributed by atoms with E-state index in [4.69, 9.17) is 0 Å². The van der Waals surface area contributed by atoms with E-state index >= 15 is 0 Å². The number of piperidine rings is 1. The van der Waals surface area contributed by atoms with Crippen molar-refractivity contribution in [3.8, 4) is 0 Å². The lowest BCUT2D eigenvalue weighted by Crippen LogP contribution is -2.62. The third kappa shape index (κ3) is 9.13. The number of fused-ring (bicyclic) bond motifs is 1. The molecule has 15 heteroatoms. The fourth-order valence-corrected chi connectivity index (χ4v) is 9.19. The van der Waals surface area contributed by atoms with E-state index in [2.05, 4.69) is 27.8 Å². The molecule has 0 spiro atoms. The quantitative estimate of drug-likeness (QED) is 0.147. The van der Waals surface area contributed by atoms with Crippen LogP contribution in [0, 0.1) is 34.0 Å². The van der Waals surface area contributed by atoms with Crippen molar-refractivity contribution in [3.05, 3.63) is 12.7 Å². The molecule has 0 aromatic heterocycles. The van der Waals surface area contributed by atoms with Gasteiger partial charge >= 0.3 is 6.03 Å². The summed E-state index contributed by atoms with van der Waals surface area (Å²) < 4.78 is 29.6. The van der Waals surface area contributed by atoms with Gasteiger partial charge in [-0.1, -0.05) is 74.8 Å². The lowest BCUT2D eigenvalue weighted by Gasteiger charge is -2.39. The van der Waals surface area contributed by atoms with E-state index in [9.17, 15) is 32.4 Å². The molecular formula is C36H61N7O7S. The van der Waals surface area contributed by atoms with E-state index < -0.39 is 74.7 Å². The number of likely N-dealkylation sites (tertiary alicyclic amines) is 1. The van der Waals surface area contributed by atoms with Gasteiger partial charge in [0.15, 0.2) is 0 Å². The molecule has 0 radical (unpaired) electrons. The van der Waals surface area contributed by atoms with Crippen molar-refractivity contribution in [1.82, 2.24) is 34.8 Å². The van der Waals surface area contributed by atoms with Crippen molar-refractivity contribution < 1.29 is 32.4 Å². The summed E-state index contributed by atoms with van der Waals surface area (Å²) in [6, 6.07) is -4.16. The van der Waals surface area contributed by atoms with Gasteiger partial charge in [0, 0.05) is 45.3 Å². The number of rotatable bonds is 15. The molecule has 4 aliphatic rings. The van der Waals surface area contributed by atoms with E-state index in [1.54, 1.807) is 0 Å². The fourth-order valence-electron chi connectivity index (χ4n) is 7.50. The van der Waals surface area contributed by atoms with Crippen LogP contribution in [0.5, 0.6) is 0 Å². The number of Topliss-reactive ketones (excluding diaryl/α,β-unsaturated/α-hetero) is 1. The summed E-state index contributed by atoms with van der Waals surface area (Å²) in [5.41, 5.74) is -1.49. The molecule has 14 nitrogen and oxygen atoms in total. The van der Waals surface area contributed by atoms with Crippen LogP contribution in [0.2, 0.25) is 0 Å². The highest BCUT2D eigenvalue weighted by molar-refractivity contribution is 7.87. The zero-order valence-corrected chi connectivity index (χ0v) is 32.8. The molecule has 2 saturated heterocycles. The van der Waals surface area contributed by atoms with Crippen LogP contribution in [0.1, 0.15) is 88.0 Å². The largest absolute Gasteiger partial charge is 0.346 e. The molecule has 51 heavy (non-hydrogen) atoms. The molecule has 4 fully saturated rings. The van der Waals surface area contributed by atoms with Crippen molar-refractivity contribution >= 4 is 39.7 Å². The summed E-state index contributed by atoms with van der Waals surface area (Å²) in [5.74, 6) is -2.19. The Morgan fingerprint density at radius 3 is 2.12 bits per heavy atom. The summed E-state index contributed by atoms with van der Waals surface area (Å²) in [7, 11) is -3.65. The maximum absolute atomic E-state index is 14.4. The number of nitrogens with one attached hydrogen (secondary N) is 4. The molecule has 2 aliphatic heterocycles. The Bertz CT molecular complexity index is 1480. The second-order valence-corrected chi connectivity index (χ2v) is 19.5. The monoisotopic (exact) mass is 735 g/mol. The molecule has 288 valence electrons. The van der Waals surface area contributed by atoms with Gasteiger partial charge in [-0.3, -0.25) is 19.2 Å². The summed E-state index contributed by atoms with van der Waals surface area (Å²) in [5, 5.41) is 11.1. The Balaban J connectivity index is 1.50. The maximum atomic E-state index is 14.4. The topological polar surface area (TPSA) is 177 Å². The molecule has 4 rings (SSSR count). The summed E-state index contributed by atoms with van der Waals surface area (Å²) >= 11 is 0. The van der Waals surface area contributed by atoms with Gasteiger partial charge in [-0.05, 0) is 53.3 Å². The number of ketones is 1. The first kappa shape index (κ1) is 40.7. The van der Waals surface area contributed by atoms with Gasteiger partial charge in [-0.2, -0.15) is 17.0 Å². The predicted octanol–water partition coefficient (Wildman–Crippen LogP) is 2.03. The smallest absolute Gasteiger partial charge is 0.315 e. The van der Waals surface area contributed by atoms with Crippen LogP contribution in [0.3, 0.4) is 0 Å². The SMILES string of the molecule is C=CCNC(=O)C(=O)C(CCC)NC(=O)[C@@H]1[C@@H]2[C@H](CN1C(=O)[C@@H](NC(=O)N[C@H](CN1CCN(CC3CC3)S1(=O)=O)C(C)(C)C)C(C)(C)C)C2(C)C. The van der Waals surface area contributed by atoms with Crippen molar-refractivity contribution in [1.29, 1.82) is 0 Å². The van der Waals surface area contributed by atoms with Gasteiger partial charge in [-0.25, -0.2) is 4.79 Å². The number of urea groups is 1. The predicted molar refractivity (Wildman–Crippen MR) is 194 cm³/mol. The Morgan fingerprint density at radius 2 is 1.57 bits per heavy atom. The molecule has 0 aromatic rings. The average Bonchev–Trinajstić information content (AvgIpc) is 3.84. The molecule has 0 aromatic carbocycles. The Morgan fingerprint density at radius 1 is 0.941 bits per heavy atom. The van der Waals surface area contributed by atoms with Crippen LogP contribution >= 0.6 is 0 Å². The first-order chi connectivity index (χ1) is 23.5. The molecular weight excluding hydrogens is 675 g/mol. The number of hydrogen-bond acceptors (Lipinski definition) is 7. The van der Waals surface area contributed by atoms with Crippen molar-refractivity contribution in [3.63, 3.8) is 0 Å². The summed E-state index contributed by atoms with van der Waals surface area (Å²) in [6.07, 6.45) is 4.34. The van der Waals surface area contributed by atoms with Crippen molar-refractivity contribution in [2.45, 2.75) is 112 Å². The first-order valence-corrected chi connectivity index (χ1v) is 19.8. The second-order valence-electron chi connectivity index (χ2n) is 17.6. The van der Waals surface area contributed by atoms with E-state index in [0.29, 0.717) is 38.5 Å². The Kier molecular flexibility index (Phi) is 12.1. The summed E-state index contributed by atoms with van der Waals surface area (Å²) in [6.45, 7) is 22.6. The highest BCUT2D eigenvalue weighted by Crippen LogP contribution is 2.65.